The molecule has 0 amide bonds. The summed E-state index contributed by atoms with van der Waals surface area (Å²) in [6, 6.07) is 5.69. The molecular formula is C9H7NO2Se. The van der Waals surface area contributed by atoms with Crippen molar-refractivity contribution in [2.75, 3.05) is 0 Å². The molecule has 2 rings (SSSR count). The van der Waals surface area contributed by atoms with Crippen LogP contribution >= 0.6 is 0 Å². The van der Waals surface area contributed by atoms with Crippen LogP contribution in [0.3, 0.4) is 0 Å². The molecule has 0 fully saturated rings. The van der Waals surface area contributed by atoms with E-state index < -0.39 is 5.97 Å². The summed E-state index contributed by atoms with van der Waals surface area (Å²) >= 11 is 0.344. The van der Waals surface area contributed by atoms with Gasteiger partial charge in [-0.15, -0.1) is 0 Å². The third-order valence-electron chi connectivity index (χ3n) is 1.75. The Morgan fingerprint density at radius 2 is 2.38 bits per heavy atom. The second kappa shape index (κ2) is 3.32. The molecule has 2 aromatic rings. The fourth-order valence-corrected chi connectivity index (χ4v) is 2.57. The number of hydrogen-bond acceptors (Lipinski definition) is 2. The van der Waals surface area contributed by atoms with Crippen LogP contribution in [-0.2, 0) is 11.2 Å². The molecule has 0 saturated carbocycles. The van der Waals surface area contributed by atoms with E-state index in [9.17, 15) is 4.79 Å². The van der Waals surface area contributed by atoms with Gasteiger partial charge in [0.1, 0.15) is 0 Å². The summed E-state index contributed by atoms with van der Waals surface area (Å²) in [6.07, 6.45) is 0.0792. The van der Waals surface area contributed by atoms with Crippen molar-refractivity contribution in [1.29, 1.82) is 0 Å². The van der Waals surface area contributed by atoms with Crippen molar-refractivity contribution in [3.05, 3.63) is 28.8 Å². The summed E-state index contributed by atoms with van der Waals surface area (Å²) in [5.41, 5.74) is 1.76. The molecular weight excluding hydrogens is 233 g/mol. The van der Waals surface area contributed by atoms with Crippen LogP contribution < -0.4 is 0 Å². The Morgan fingerprint density at radius 3 is 3.15 bits per heavy atom. The SMILES string of the molecule is O=C(O)Cc1ccc2[se]cnc2c1. The fraction of sp³-hybridized carbons (Fsp3) is 0.111. The van der Waals surface area contributed by atoms with Crippen LogP contribution in [0.15, 0.2) is 23.3 Å². The van der Waals surface area contributed by atoms with Crippen LogP contribution in [0.25, 0.3) is 9.78 Å². The molecule has 13 heavy (non-hydrogen) atoms. The Morgan fingerprint density at radius 1 is 1.54 bits per heavy atom. The van der Waals surface area contributed by atoms with Gasteiger partial charge in [-0.05, 0) is 0 Å². The second-order valence-electron chi connectivity index (χ2n) is 2.72. The van der Waals surface area contributed by atoms with Crippen molar-refractivity contribution in [2.45, 2.75) is 6.42 Å². The van der Waals surface area contributed by atoms with Crippen molar-refractivity contribution < 1.29 is 9.90 Å². The average Bonchev–Trinajstić information content (AvgIpc) is 2.49. The van der Waals surface area contributed by atoms with E-state index >= 15 is 0 Å². The van der Waals surface area contributed by atoms with E-state index in [0.717, 1.165) is 11.1 Å². The number of nitrogens with zero attached hydrogens (tertiary/aromatic N) is 1. The summed E-state index contributed by atoms with van der Waals surface area (Å²) in [4.78, 5) is 14.6. The molecule has 66 valence electrons. The fourth-order valence-electron chi connectivity index (χ4n) is 1.19. The molecule has 3 nitrogen and oxygen atoms in total. The quantitative estimate of drug-likeness (QED) is 0.794. The molecule has 1 aromatic carbocycles. The Kier molecular flexibility index (Phi) is 2.17. The summed E-state index contributed by atoms with van der Waals surface area (Å²) in [6.45, 7) is 0. The van der Waals surface area contributed by atoms with Crippen LogP contribution in [0, 0.1) is 0 Å². The summed E-state index contributed by atoms with van der Waals surface area (Å²) < 4.78 is 1.24. The number of carboxylic acids is 1. The third kappa shape index (κ3) is 1.79. The Hall–Kier alpha value is -1.12. The second-order valence-corrected chi connectivity index (χ2v) is 4.58. The van der Waals surface area contributed by atoms with E-state index in [2.05, 4.69) is 4.98 Å². The number of rotatable bonds is 2. The first-order chi connectivity index (χ1) is 6.25. The van der Waals surface area contributed by atoms with Gasteiger partial charge in [-0.1, -0.05) is 0 Å². The standard InChI is InChI=1S/C9H7NO2Se/c11-9(12)4-6-1-2-8-7(3-6)10-5-13-8/h1-3,5H,4H2,(H,11,12). The molecule has 0 saturated heterocycles. The van der Waals surface area contributed by atoms with Crippen molar-refractivity contribution >= 4 is 30.2 Å². The van der Waals surface area contributed by atoms with Gasteiger partial charge in [0, 0.05) is 0 Å². The van der Waals surface area contributed by atoms with Gasteiger partial charge in [0.2, 0.25) is 0 Å². The van der Waals surface area contributed by atoms with E-state index in [4.69, 9.17) is 5.11 Å². The monoisotopic (exact) mass is 241 g/mol. The Labute approximate surface area is 80.8 Å². The van der Waals surface area contributed by atoms with Gasteiger partial charge in [0.05, 0.1) is 0 Å². The van der Waals surface area contributed by atoms with Crippen molar-refractivity contribution in [3.63, 3.8) is 0 Å². The van der Waals surface area contributed by atoms with Gasteiger partial charge in [0.15, 0.2) is 0 Å². The van der Waals surface area contributed by atoms with E-state index in [-0.39, 0.29) is 6.42 Å². The minimum atomic E-state index is -0.799. The minimum absolute atomic E-state index is 0.0792. The number of carboxylic acid groups (broad SMARTS) is 1. The molecule has 0 spiro atoms. The van der Waals surface area contributed by atoms with E-state index in [1.807, 2.05) is 23.3 Å². The zero-order valence-electron chi connectivity index (χ0n) is 6.73. The molecule has 0 bridgehead atoms. The molecule has 1 heterocycles. The summed E-state index contributed by atoms with van der Waals surface area (Å²) in [5.74, 6) is -0.799. The first kappa shape index (κ1) is 8.48. The zero-order chi connectivity index (χ0) is 9.26. The molecule has 0 aliphatic carbocycles. The molecule has 4 heteroatoms. The summed E-state index contributed by atoms with van der Waals surface area (Å²) in [7, 11) is 0. The van der Waals surface area contributed by atoms with Gasteiger partial charge >= 0.3 is 80.4 Å². The van der Waals surface area contributed by atoms with Crippen LogP contribution in [0.2, 0.25) is 0 Å². The average molecular weight is 240 g/mol. The number of benzene rings is 1. The molecule has 1 aromatic heterocycles. The number of aliphatic carboxylic acids is 1. The van der Waals surface area contributed by atoms with Gasteiger partial charge in [-0.3, -0.25) is 0 Å². The first-order valence-electron chi connectivity index (χ1n) is 3.79. The van der Waals surface area contributed by atoms with Gasteiger partial charge < -0.3 is 0 Å². The molecule has 0 aliphatic rings. The Bertz CT molecular complexity index is 450. The molecule has 0 radical (unpaired) electrons. The predicted molar refractivity (Wildman–Crippen MR) is 50.0 cm³/mol. The number of hydrogen-bond donors (Lipinski definition) is 1. The van der Waals surface area contributed by atoms with Crippen molar-refractivity contribution in [3.8, 4) is 0 Å². The first-order valence-corrected chi connectivity index (χ1v) is 5.64. The topological polar surface area (TPSA) is 50.2 Å². The normalized spacial score (nSPS) is 10.5. The maximum atomic E-state index is 10.4. The van der Waals surface area contributed by atoms with E-state index in [1.54, 1.807) is 0 Å². The molecule has 0 atom stereocenters. The number of aromatic nitrogens is 1. The van der Waals surface area contributed by atoms with Crippen molar-refractivity contribution in [2.24, 2.45) is 0 Å². The van der Waals surface area contributed by atoms with E-state index in [0.29, 0.717) is 14.5 Å². The number of fused-ring (bicyclic) bond motifs is 1. The molecule has 1 N–H and O–H groups in total. The van der Waals surface area contributed by atoms with Crippen molar-refractivity contribution in [1.82, 2.24) is 4.98 Å². The molecule has 0 unspecified atom stereocenters. The van der Waals surface area contributed by atoms with Crippen LogP contribution in [0.5, 0.6) is 0 Å². The van der Waals surface area contributed by atoms with Crippen LogP contribution in [0.1, 0.15) is 5.56 Å². The van der Waals surface area contributed by atoms with Crippen LogP contribution in [-0.4, -0.2) is 30.6 Å². The van der Waals surface area contributed by atoms with E-state index in [1.165, 1.54) is 4.26 Å². The zero-order valence-corrected chi connectivity index (χ0v) is 8.44. The van der Waals surface area contributed by atoms with Gasteiger partial charge in [0.25, 0.3) is 0 Å². The van der Waals surface area contributed by atoms with Gasteiger partial charge in [-0.2, -0.15) is 0 Å². The maximum absolute atomic E-state index is 10.4. The van der Waals surface area contributed by atoms with Crippen LogP contribution in [0.4, 0.5) is 0 Å². The summed E-state index contributed by atoms with van der Waals surface area (Å²) in [5, 5.41) is 10.5. The Balaban J connectivity index is 2.42. The van der Waals surface area contributed by atoms with Gasteiger partial charge in [-0.25, -0.2) is 0 Å². The molecule has 0 aliphatic heterocycles. The number of carbonyl (C=O) groups is 1. The third-order valence-corrected chi connectivity index (χ3v) is 3.45. The predicted octanol–water partition coefficient (Wildman–Crippen LogP) is 0.919.